The number of halogens is 1. The molecule has 0 radical (unpaired) electrons. The van der Waals surface area contributed by atoms with Crippen LogP contribution in [0.4, 0.5) is 4.79 Å². The van der Waals surface area contributed by atoms with Crippen molar-refractivity contribution < 1.29 is 19.4 Å². The molecule has 184 valence electrons. The average Bonchev–Trinajstić information content (AvgIpc) is 2.73. The van der Waals surface area contributed by atoms with Crippen LogP contribution < -0.4 is 10.6 Å². The highest BCUT2D eigenvalue weighted by Crippen LogP contribution is 2.24. The minimum atomic E-state index is -1.29. The van der Waals surface area contributed by atoms with Crippen molar-refractivity contribution in [2.24, 2.45) is 0 Å². The standard InChI is InChI=1S/C26H34ClN3O4/c1-25(2,3)34-24(33)30-26(4,5)23(32)29-20(13-9-12-17-10-7-6-8-11-17)22(28)19-16-18(27)14-15-21(19)31/h6-8,10-11,14-16,20,28,31H,9,12-13H2,1-5H3,(H,29,32)(H,30,33). The molecule has 2 rings (SSSR count). The van der Waals surface area contributed by atoms with E-state index in [1.54, 1.807) is 34.6 Å². The number of hydrogen-bond donors (Lipinski definition) is 4. The number of carbonyl (C=O) groups is 2. The van der Waals surface area contributed by atoms with Crippen molar-refractivity contribution in [2.45, 2.75) is 71.1 Å². The molecule has 0 heterocycles. The van der Waals surface area contributed by atoms with Crippen molar-refractivity contribution >= 4 is 29.3 Å². The highest BCUT2D eigenvalue weighted by atomic mass is 35.5. The summed E-state index contributed by atoms with van der Waals surface area (Å²) in [5.74, 6) is -0.572. The molecule has 0 fully saturated rings. The third kappa shape index (κ3) is 8.37. The summed E-state index contributed by atoms with van der Waals surface area (Å²) < 4.78 is 5.27. The molecule has 2 aromatic rings. The van der Waals surface area contributed by atoms with Gasteiger partial charge in [0, 0.05) is 10.6 Å². The van der Waals surface area contributed by atoms with Crippen LogP contribution in [0.5, 0.6) is 5.75 Å². The first kappa shape index (κ1) is 27.2. The van der Waals surface area contributed by atoms with Crippen LogP contribution in [-0.2, 0) is 16.0 Å². The van der Waals surface area contributed by atoms with Gasteiger partial charge in [0.2, 0.25) is 5.91 Å². The third-order valence-corrected chi connectivity index (χ3v) is 5.32. The Kier molecular flexibility index (Phi) is 9.10. The number of phenolic OH excluding ortho intramolecular Hbond substituents is 1. The van der Waals surface area contributed by atoms with Gasteiger partial charge in [-0.2, -0.15) is 0 Å². The maximum atomic E-state index is 13.1. The lowest BCUT2D eigenvalue weighted by atomic mass is 9.95. The van der Waals surface area contributed by atoms with E-state index in [0.717, 1.165) is 12.0 Å². The Bertz CT molecular complexity index is 1020. The number of alkyl carbamates (subject to hydrolysis) is 1. The van der Waals surface area contributed by atoms with Crippen LogP contribution in [0.3, 0.4) is 0 Å². The zero-order chi connectivity index (χ0) is 25.5. The predicted molar refractivity (Wildman–Crippen MR) is 135 cm³/mol. The molecule has 1 atom stereocenters. The monoisotopic (exact) mass is 487 g/mol. The summed E-state index contributed by atoms with van der Waals surface area (Å²) in [5.41, 5.74) is -0.569. The van der Waals surface area contributed by atoms with E-state index >= 15 is 0 Å². The van der Waals surface area contributed by atoms with Gasteiger partial charge in [0.25, 0.3) is 0 Å². The Morgan fingerprint density at radius 3 is 2.35 bits per heavy atom. The molecule has 0 aliphatic heterocycles. The van der Waals surface area contributed by atoms with Gasteiger partial charge in [-0.3, -0.25) is 4.79 Å². The number of nitrogens with one attached hydrogen (secondary N) is 3. The fourth-order valence-electron chi connectivity index (χ4n) is 3.31. The van der Waals surface area contributed by atoms with Crippen molar-refractivity contribution in [3.05, 3.63) is 64.7 Å². The minimum Gasteiger partial charge on any atom is -0.507 e. The zero-order valence-electron chi connectivity index (χ0n) is 20.4. The Balaban J connectivity index is 2.18. The van der Waals surface area contributed by atoms with Gasteiger partial charge in [0.15, 0.2) is 0 Å². The van der Waals surface area contributed by atoms with Crippen molar-refractivity contribution in [1.82, 2.24) is 10.6 Å². The average molecular weight is 488 g/mol. The number of aromatic hydroxyl groups is 1. The number of carbonyl (C=O) groups excluding carboxylic acids is 2. The Labute approximate surface area is 206 Å². The van der Waals surface area contributed by atoms with Gasteiger partial charge in [0.05, 0.1) is 11.8 Å². The molecule has 2 amide bonds. The van der Waals surface area contributed by atoms with Crippen LogP contribution in [0, 0.1) is 5.41 Å². The molecular weight excluding hydrogens is 454 g/mol. The number of phenols is 1. The molecule has 8 heteroatoms. The molecule has 2 aromatic carbocycles. The predicted octanol–water partition coefficient (Wildman–Crippen LogP) is 5.22. The van der Waals surface area contributed by atoms with E-state index in [0.29, 0.717) is 17.9 Å². The molecule has 0 spiro atoms. The van der Waals surface area contributed by atoms with Crippen LogP contribution in [0.1, 0.15) is 58.6 Å². The number of hydrogen-bond acceptors (Lipinski definition) is 5. The lowest BCUT2D eigenvalue weighted by molar-refractivity contribution is -0.126. The van der Waals surface area contributed by atoms with Crippen LogP contribution >= 0.6 is 11.6 Å². The highest BCUT2D eigenvalue weighted by Gasteiger charge is 2.34. The lowest BCUT2D eigenvalue weighted by Gasteiger charge is -2.30. The van der Waals surface area contributed by atoms with E-state index in [9.17, 15) is 14.7 Å². The van der Waals surface area contributed by atoms with E-state index < -0.39 is 29.2 Å². The summed E-state index contributed by atoms with van der Waals surface area (Å²) in [4.78, 5) is 25.4. The Hall–Kier alpha value is -3.06. The second kappa shape index (κ2) is 11.4. The van der Waals surface area contributed by atoms with Crippen molar-refractivity contribution in [1.29, 1.82) is 5.41 Å². The molecule has 0 saturated carbocycles. The van der Waals surface area contributed by atoms with Gasteiger partial charge in [0.1, 0.15) is 16.9 Å². The molecule has 4 N–H and O–H groups in total. The largest absolute Gasteiger partial charge is 0.507 e. The molecule has 7 nitrogen and oxygen atoms in total. The quantitative estimate of drug-likeness (QED) is 0.363. The van der Waals surface area contributed by atoms with Crippen molar-refractivity contribution in [3.8, 4) is 5.75 Å². The molecule has 0 aromatic heterocycles. The number of rotatable bonds is 9. The zero-order valence-corrected chi connectivity index (χ0v) is 21.1. The van der Waals surface area contributed by atoms with E-state index in [1.807, 2.05) is 30.3 Å². The summed E-state index contributed by atoms with van der Waals surface area (Å²) in [6, 6.07) is 13.7. The maximum Gasteiger partial charge on any atom is 0.408 e. The fourth-order valence-corrected chi connectivity index (χ4v) is 3.48. The number of ether oxygens (including phenoxy) is 1. The first-order valence-corrected chi connectivity index (χ1v) is 11.6. The van der Waals surface area contributed by atoms with Crippen LogP contribution in [0.15, 0.2) is 48.5 Å². The first-order chi connectivity index (χ1) is 15.8. The van der Waals surface area contributed by atoms with E-state index in [2.05, 4.69) is 10.6 Å². The van der Waals surface area contributed by atoms with Crippen LogP contribution in [0.25, 0.3) is 0 Å². The second-order valence-corrected chi connectivity index (χ2v) is 10.2. The molecule has 0 aliphatic rings. The SMILES string of the molecule is CC(C)(C)OC(=O)NC(C)(C)C(=O)NC(CCCc1ccccc1)C(=N)c1cc(Cl)ccc1O. The maximum absolute atomic E-state index is 13.1. The van der Waals surface area contributed by atoms with Gasteiger partial charge in [-0.15, -0.1) is 0 Å². The van der Waals surface area contributed by atoms with Gasteiger partial charge < -0.3 is 25.9 Å². The Morgan fingerprint density at radius 2 is 1.74 bits per heavy atom. The number of aryl methyl sites for hydroxylation is 1. The first-order valence-electron chi connectivity index (χ1n) is 11.2. The van der Waals surface area contributed by atoms with E-state index in [1.165, 1.54) is 18.2 Å². The Morgan fingerprint density at radius 1 is 1.09 bits per heavy atom. The van der Waals surface area contributed by atoms with Gasteiger partial charge in [-0.05, 0) is 77.6 Å². The molecular formula is C26H34ClN3O4. The number of amides is 2. The van der Waals surface area contributed by atoms with Crippen LogP contribution in [0.2, 0.25) is 5.02 Å². The van der Waals surface area contributed by atoms with E-state index in [4.69, 9.17) is 21.7 Å². The summed E-state index contributed by atoms with van der Waals surface area (Å²) in [5, 5.41) is 24.8. The second-order valence-electron chi connectivity index (χ2n) is 9.73. The molecule has 1 unspecified atom stereocenters. The fraction of sp³-hybridized carbons (Fsp3) is 0.423. The third-order valence-electron chi connectivity index (χ3n) is 5.08. The van der Waals surface area contributed by atoms with Gasteiger partial charge in [-0.1, -0.05) is 41.9 Å². The van der Waals surface area contributed by atoms with Gasteiger partial charge in [-0.25, -0.2) is 4.79 Å². The molecule has 0 aliphatic carbocycles. The smallest absolute Gasteiger partial charge is 0.408 e. The normalized spacial score (nSPS) is 12.5. The summed E-state index contributed by atoms with van der Waals surface area (Å²) in [6.45, 7) is 8.34. The number of benzene rings is 2. The van der Waals surface area contributed by atoms with E-state index in [-0.39, 0.29) is 17.0 Å². The summed E-state index contributed by atoms with van der Waals surface area (Å²) >= 11 is 6.08. The van der Waals surface area contributed by atoms with Gasteiger partial charge >= 0.3 is 6.09 Å². The topological polar surface area (TPSA) is 112 Å². The van der Waals surface area contributed by atoms with Crippen molar-refractivity contribution in [2.75, 3.05) is 0 Å². The molecule has 0 saturated heterocycles. The van der Waals surface area contributed by atoms with Crippen molar-refractivity contribution in [3.63, 3.8) is 0 Å². The highest BCUT2D eigenvalue weighted by molar-refractivity contribution is 6.31. The minimum absolute atomic E-state index is 0.0366. The van der Waals surface area contributed by atoms with Crippen LogP contribution in [-0.4, -0.2) is 40.0 Å². The molecule has 0 bridgehead atoms. The summed E-state index contributed by atoms with van der Waals surface area (Å²) in [6.07, 6.45) is 1.20. The lowest BCUT2D eigenvalue weighted by Crippen LogP contribution is -2.58. The molecule has 34 heavy (non-hydrogen) atoms. The summed E-state index contributed by atoms with van der Waals surface area (Å²) in [7, 11) is 0.